The average molecular weight is 280 g/mol. The van der Waals surface area contributed by atoms with Crippen molar-refractivity contribution in [2.45, 2.75) is 0 Å². The predicted octanol–water partition coefficient (Wildman–Crippen LogP) is 2.72. The van der Waals surface area contributed by atoms with Gasteiger partial charge < -0.3 is 0 Å². The molecule has 62 valence electrons. The van der Waals surface area contributed by atoms with Crippen LogP contribution in [-0.2, 0) is 0 Å². The molecule has 1 aromatic carbocycles. The Labute approximate surface area is 90.2 Å². The van der Waals surface area contributed by atoms with Crippen LogP contribution in [0.2, 0.25) is 0 Å². The van der Waals surface area contributed by atoms with Gasteiger partial charge in [0.25, 0.3) is 0 Å². The highest BCUT2D eigenvalue weighted by Gasteiger charge is 1.93. The fraction of sp³-hybridized carbons (Fsp3) is 0. The maximum Gasteiger partial charge on any atom is 0.130 e. The van der Waals surface area contributed by atoms with Crippen LogP contribution in [0, 0.1) is 26.2 Å². The van der Waals surface area contributed by atoms with Gasteiger partial charge in [0, 0.05) is 3.57 Å². The third-order valence-electron chi connectivity index (χ3n) is 1.42. The Morgan fingerprint density at radius 1 is 1.15 bits per heavy atom. The monoisotopic (exact) mass is 280 g/mol. The van der Waals surface area contributed by atoms with Gasteiger partial charge in [0.1, 0.15) is 17.7 Å². The summed E-state index contributed by atoms with van der Waals surface area (Å²) in [5.74, 6) is 0. The number of halogens is 1. The maximum absolute atomic E-state index is 8.50. The number of benzene rings is 1. The quantitative estimate of drug-likeness (QED) is 0.586. The lowest BCUT2D eigenvalue weighted by Crippen LogP contribution is -1.76. The second kappa shape index (κ2) is 4.64. The second-order valence-electron chi connectivity index (χ2n) is 2.33. The standard InChI is InChI=1S/C10H5IN2/c11-10-3-1-8(2-4-10)5-9(6-12)7-13/h1-5H. The molecule has 0 spiro atoms. The summed E-state index contributed by atoms with van der Waals surface area (Å²) in [6, 6.07) is 11.2. The van der Waals surface area contributed by atoms with Crippen LogP contribution in [0.25, 0.3) is 6.08 Å². The molecule has 0 saturated carbocycles. The zero-order valence-electron chi connectivity index (χ0n) is 6.66. The molecule has 1 rings (SSSR count). The number of nitrogens with zero attached hydrogens (tertiary/aromatic N) is 2. The molecular weight excluding hydrogens is 275 g/mol. The smallest absolute Gasteiger partial charge is 0.130 e. The minimum Gasteiger partial charge on any atom is -0.192 e. The first-order valence-electron chi connectivity index (χ1n) is 3.53. The molecule has 0 unspecified atom stereocenters. The molecule has 1 aromatic rings. The van der Waals surface area contributed by atoms with Crippen LogP contribution in [0.5, 0.6) is 0 Å². The summed E-state index contributed by atoms with van der Waals surface area (Å²) in [6.45, 7) is 0. The Balaban J connectivity index is 3.00. The fourth-order valence-corrected chi connectivity index (χ4v) is 1.17. The normalized spacial score (nSPS) is 8.23. The van der Waals surface area contributed by atoms with Crippen molar-refractivity contribution in [3.8, 4) is 12.1 Å². The van der Waals surface area contributed by atoms with Crippen LogP contribution < -0.4 is 0 Å². The SMILES string of the molecule is N#CC(C#N)=Cc1ccc(I)cc1. The molecule has 0 aliphatic rings. The number of rotatable bonds is 1. The van der Waals surface area contributed by atoms with E-state index in [1.807, 2.05) is 36.4 Å². The summed E-state index contributed by atoms with van der Waals surface area (Å²) < 4.78 is 1.13. The third-order valence-corrected chi connectivity index (χ3v) is 2.14. The van der Waals surface area contributed by atoms with E-state index in [0.29, 0.717) is 0 Å². The van der Waals surface area contributed by atoms with E-state index in [-0.39, 0.29) is 5.57 Å². The molecule has 0 fully saturated rings. The van der Waals surface area contributed by atoms with E-state index in [1.165, 1.54) is 0 Å². The summed E-state index contributed by atoms with van der Waals surface area (Å²) in [5, 5.41) is 17.0. The van der Waals surface area contributed by atoms with Gasteiger partial charge in [0.2, 0.25) is 0 Å². The lowest BCUT2D eigenvalue weighted by Gasteiger charge is -1.92. The number of allylic oxidation sites excluding steroid dienone is 1. The molecule has 13 heavy (non-hydrogen) atoms. The first kappa shape index (κ1) is 9.76. The van der Waals surface area contributed by atoms with Crippen molar-refractivity contribution in [1.82, 2.24) is 0 Å². The lowest BCUT2D eigenvalue weighted by atomic mass is 10.1. The van der Waals surface area contributed by atoms with Crippen LogP contribution in [0.4, 0.5) is 0 Å². The van der Waals surface area contributed by atoms with E-state index >= 15 is 0 Å². The summed E-state index contributed by atoms with van der Waals surface area (Å²) in [5.41, 5.74) is 1.000. The molecule has 2 nitrogen and oxygen atoms in total. The molecule has 0 aliphatic heterocycles. The molecular formula is C10H5IN2. The number of hydrogen-bond donors (Lipinski definition) is 0. The van der Waals surface area contributed by atoms with Gasteiger partial charge in [-0.1, -0.05) is 12.1 Å². The van der Waals surface area contributed by atoms with E-state index in [2.05, 4.69) is 22.6 Å². The lowest BCUT2D eigenvalue weighted by molar-refractivity contribution is 1.47. The van der Waals surface area contributed by atoms with Crippen molar-refractivity contribution in [1.29, 1.82) is 10.5 Å². The van der Waals surface area contributed by atoms with Crippen molar-refractivity contribution < 1.29 is 0 Å². The van der Waals surface area contributed by atoms with Crippen LogP contribution in [-0.4, -0.2) is 0 Å². The van der Waals surface area contributed by atoms with Gasteiger partial charge in [-0.3, -0.25) is 0 Å². The Hall–Kier alpha value is -1.33. The predicted molar refractivity (Wildman–Crippen MR) is 58.4 cm³/mol. The summed E-state index contributed by atoms with van der Waals surface area (Å²) in [7, 11) is 0. The van der Waals surface area contributed by atoms with E-state index < -0.39 is 0 Å². The molecule has 0 N–H and O–H groups in total. The number of nitriles is 2. The van der Waals surface area contributed by atoms with Crippen molar-refractivity contribution in [2.24, 2.45) is 0 Å². The molecule has 0 aromatic heterocycles. The summed E-state index contributed by atoms with van der Waals surface area (Å²) >= 11 is 2.20. The van der Waals surface area contributed by atoms with Gasteiger partial charge in [-0.05, 0) is 46.4 Å². The minimum atomic E-state index is 0.126. The maximum atomic E-state index is 8.50. The van der Waals surface area contributed by atoms with Gasteiger partial charge in [-0.25, -0.2) is 0 Å². The van der Waals surface area contributed by atoms with Crippen molar-refractivity contribution in [3.63, 3.8) is 0 Å². The molecule has 0 saturated heterocycles. The van der Waals surface area contributed by atoms with Gasteiger partial charge in [0.05, 0.1) is 0 Å². The topological polar surface area (TPSA) is 47.6 Å². The third kappa shape index (κ3) is 2.89. The van der Waals surface area contributed by atoms with E-state index in [4.69, 9.17) is 10.5 Å². The Bertz CT molecular complexity index is 388. The van der Waals surface area contributed by atoms with E-state index in [9.17, 15) is 0 Å². The van der Waals surface area contributed by atoms with Crippen LogP contribution in [0.3, 0.4) is 0 Å². The van der Waals surface area contributed by atoms with Crippen molar-refractivity contribution >= 4 is 28.7 Å². The zero-order valence-corrected chi connectivity index (χ0v) is 8.82. The van der Waals surface area contributed by atoms with E-state index in [1.54, 1.807) is 6.08 Å². The van der Waals surface area contributed by atoms with Gasteiger partial charge >= 0.3 is 0 Å². The van der Waals surface area contributed by atoms with Gasteiger partial charge in [-0.15, -0.1) is 0 Å². The van der Waals surface area contributed by atoms with Crippen LogP contribution in [0.15, 0.2) is 29.8 Å². The molecule has 0 heterocycles. The molecule has 0 atom stereocenters. The zero-order chi connectivity index (χ0) is 9.68. The van der Waals surface area contributed by atoms with Gasteiger partial charge in [0.15, 0.2) is 0 Å². The van der Waals surface area contributed by atoms with Crippen molar-refractivity contribution in [2.75, 3.05) is 0 Å². The van der Waals surface area contributed by atoms with Crippen LogP contribution in [0.1, 0.15) is 5.56 Å². The summed E-state index contributed by atoms with van der Waals surface area (Å²) in [4.78, 5) is 0. The summed E-state index contributed by atoms with van der Waals surface area (Å²) in [6.07, 6.45) is 1.57. The first-order valence-corrected chi connectivity index (χ1v) is 4.61. The highest BCUT2D eigenvalue weighted by atomic mass is 127. The molecule has 0 radical (unpaired) electrons. The second-order valence-corrected chi connectivity index (χ2v) is 3.58. The largest absolute Gasteiger partial charge is 0.192 e. The number of hydrogen-bond acceptors (Lipinski definition) is 2. The Kier molecular flexibility index (Phi) is 3.48. The highest BCUT2D eigenvalue weighted by molar-refractivity contribution is 14.1. The molecule has 0 amide bonds. The first-order chi connectivity index (χ1) is 6.26. The van der Waals surface area contributed by atoms with Crippen molar-refractivity contribution in [3.05, 3.63) is 39.0 Å². The molecule has 0 bridgehead atoms. The van der Waals surface area contributed by atoms with Crippen LogP contribution >= 0.6 is 22.6 Å². The average Bonchev–Trinajstić information content (AvgIpc) is 2.17. The highest BCUT2D eigenvalue weighted by Crippen LogP contribution is 2.09. The van der Waals surface area contributed by atoms with Gasteiger partial charge in [-0.2, -0.15) is 10.5 Å². The van der Waals surface area contributed by atoms with E-state index in [0.717, 1.165) is 9.13 Å². The molecule has 0 aliphatic carbocycles. The minimum absolute atomic E-state index is 0.126. The Morgan fingerprint density at radius 2 is 1.69 bits per heavy atom. The Morgan fingerprint density at radius 3 is 2.15 bits per heavy atom. The molecule has 3 heteroatoms. The fourth-order valence-electron chi connectivity index (χ4n) is 0.815.